The van der Waals surface area contributed by atoms with Gasteiger partial charge in [-0.2, -0.15) is 0 Å². The van der Waals surface area contributed by atoms with Gasteiger partial charge in [-0.15, -0.1) is 0 Å². The molecule has 1 N–H and O–H groups in total. The number of aliphatic hydroxyl groups is 1. The maximum Gasteiger partial charge on any atom is 0.153 e. The number of halogens is 1. The first-order chi connectivity index (χ1) is 9.11. The van der Waals surface area contributed by atoms with Gasteiger partial charge in [0.15, 0.2) is 5.15 Å². The van der Waals surface area contributed by atoms with E-state index in [1.165, 1.54) is 0 Å². The zero-order chi connectivity index (χ0) is 13.8. The lowest BCUT2D eigenvalue weighted by Gasteiger charge is -2.12. The van der Waals surface area contributed by atoms with Gasteiger partial charge in [0, 0.05) is 0 Å². The van der Waals surface area contributed by atoms with Crippen LogP contribution in [0.1, 0.15) is 50.0 Å². The Morgan fingerprint density at radius 3 is 2.74 bits per heavy atom. The second-order valence-corrected chi connectivity index (χ2v) is 5.26. The monoisotopic (exact) mass is 278 g/mol. The Morgan fingerprint density at radius 2 is 2.00 bits per heavy atom. The van der Waals surface area contributed by atoms with Crippen molar-refractivity contribution in [3.63, 3.8) is 0 Å². The van der Waals surface area contributed by atoms with E-state index < -0.39 is 6.10 Å². The molecule has 1 aromatic carbocycles. The van der Waals surface area contributed by atoms with Crippen molar-refractivity contribution in [2.45, 2.75) is 45.6 Å². The number of aromatic nitrogens is 2. The van der Waals surface area contributed by atoms with Gasteiger partial charge in [-0.25, -0.2) is 9.97 Å². The van der Waals surface area contributed by atoms with Gasteiger partial charge in [0.1, 0.15) is 5.69 Å². The van der Waals surface area contributed by atoms with Gasteiger partial charge >= 0.3 is 0 Å². The van der Waals surface area contributed by atoms with Crippen LogP contribution >= 0.6 is 11.6 Å². The summed E-state index contributed by atoms with van der Waals surface area (Å²) in [5.41, 5.74) is 3.17. The lowest BCUT2D eigenvalue weighted by Crippen LogP contribution is -2.04. The van der Waals surface area contributed by atoms with E-state index in [0.717, 1.165) is 35.9 Å². The second kappa shape index (κ2) is 6.31. The Morgan fingerprint density at radius 1 is 1.21 bits per heavy atom. The van der Waals surface area contributed by atoms with Crippen molar-refractivity contribution in [1.29, 1.82) is 0 Å². The van der Waals surface area contributed by atoms with Crippen LogP contribution in [0.4, 0.5) is 0 Å². The highest BCUT2D eigenvalue weighted by molar-refractivity contribution is 6.30. The van der Waals surface area contributed by atoms with Crippen molar-refractivity contribution >= 4 is 22.6 Å². The van der Waals surface area contributed by atoms with E-state index in [2.05, 4.69) is 16.9 Å². The fourth-order valence-corrected chi connectivity index (χ4v) is 2.35. The summed E-state index contributed by atoms with van der Waals surface area (Å²) >= 11 is 6.12. The van der Waals surface area contributed by atoms with Crippen molar-refractivity contribution in [3.05, 3.63) is 34.6 Å². The Kier molecular flexibility index (Phi) is 4.72. The molecule has 0 aliphatic rings. The summed E-state index contributed by atoms with van der Waals surface area (Å²) in [5.74, 6) is 0. The molecule has 19 heavy (non-hydrogen) atoms. The van der Waals surface area contributed by atoms with Gasteiger partial charge in [-0.05, 0) is 31.0 Å². The Labute approximate surface area is 118 Å². The minimum atomic E-state index is -0.628. The third-order valence-corrected chi connectivity index (χ3v) is 3.48. The smallest absolute Gasteiger partial charge is 0.153 e. The first kappa shape index (κ1) is 14.2. The molecule has 3 nitrogen and oxygen atoms in total. The van der Waals surface area contributed by atoms with E-state index in [0.29, 0.717) is 17.3 Å². The van der Waals surface area contributed by atoms with E-state index in [9.17, 15) is 5.11 Å². The molecule has 2 aromatic rings. The molecule has 0 aliphatic heterocycles. The van der Waals surface area contributed by atoms with Crippen LogP contribution in [0.5, 0.6) is 0 Å². The van der Waals surface area contributed by atoms with Crippen LogP contribution in [0.2, 0.25) is 5.15 Å². The maximum absolute atomic E-state index is 10.2. The zero-order valence-electron chi connectivity index (χ0n) is 11.4. The number of fused-ring (bicyclic) bond motifs is 1. The summed E-state index contributed by atoms with van der Waals surface area (Å²) in [4.78, 5) is 8.78. The number of hydrogen-bond acceptors (Lipinski definition) is 3. The molecule has 0 saturated heterocycles. The minimum absolute atomic E-state index is 0.306. The van der Waals surface area contributed by atoms with Crippen molar-refractivity contribution in [2.75, 3.05) is 0 Å². The predicted molar refractivity (Wildman–Crippen MR) is 78.4 cm³/mol. The first-order valence-corrected chi connectivity index (χ1v) is 7.11. The van der Waals surface area contributed by atoms with Gasteiger partial charge in [0.25, 0.3) is 0 Å². The summed E-state index contributed by atoms with van der Waals surface area (Å²) in [6.45, 7) is 4.14. The third kappa shape index (κ3) is 3.43. The molecule has 1 heterocycles. The van der Waals surface area contributed by atoms with Gasteiger partial charge < -0.3 is 5.11 Å². The lowest BCUT2D eigenvalue weighted by atomic mass is 10.1. The van der Waals surface area contributed by atoms with Gasteiger partial charge in [-0.1, -0.05) is 43.9 Å². The predicted octanol–water partition coefficient (Wildman–Crippen LogP) is 4.21. The topological polar surface area (TPSA) is 46.0 Å². The lowest BCUT2D eigenvalue weighted by molar-refractivity contribution is 0.159. The molecule has 1 aromatic heterocycles. The van der Waals surface area contributed by atoms with Gasteiger partial charge in [0.2, 0.25) is 0 Å². The Balaban J connectivity index is 2.29. The van der Waals surface area contributed by atoms with E-state index in [1.54, 1.807) is 0 Å². The van der Waals surface area contributed by atoms with E-state index in [4.69, 9.17) is 11.6 Å². The van der Waals surface area contributed by atoms with Crippen molar-refractivity contribution in [1.82, 2.24) is 9.97 Å². The van der Waals surface area contributed by atoms with E-state index in [-0.39, 0.29) is 0 Å². The second-order valence-electron chi connectivity index (χ2n) is 4.90. The molecule has 102 valence electrons. The molecule has 0 bridgehead atoms. The number of hydrogen-bond donors (Lipinski definition) is 1. The molecule has 4 heteroatoms. The normalized spacial score (nSPS) is 12.8. The summed E-state index contributed by atoms with van der Waals surface area (Å²) in [5, 5.41) is 10.5. The fourth-order valence-electron chi connectivity index (χ4n) is 2.09. The molecule has 0 aliphatic carbocycles. The standard InChI is InChI=1S/C15H19ClN2O/c1-3-4-5-6-13(19)14-15(16)18-11-8-7-10(2)9-12(11)17-14/h7-9,13,19H,3-6H2,1-2H3. The number of rotatable bonds is 5. The highest BCUT2D eigenvalue weighted by atomic mass is 35.5. The Hall–Kier alpha value is -1.19. The number of unbranched alkanes of at least 4 members (excludes halogenated alkanes) is 2. The fraction of sp³-hybridized carbons (Fsp3) is 0.467. The molecule has 1 atom stereocenters. The zero-order valence-corrected chi connectivity index (χ0v) is 12.1. The van der Waals surface area contributed by atoms with Crippen molar-refractivity contribution < 1.29 is 5.11 Å². The highest BCUT2D eigenvalue weighted by Gasteiger charge is 2.15. The molecule has 0 spiro atoms. The number of benzene rings is 1. The summed E-state index contributed by atoms with van der Waals surface area (Å²) in [6.07, 6.45) is 3.26. The molecule has 1 unspecified atom stereocenters. The number of aliphatic hydroxyl groups excluding tert-OH is 1. The molecular weight excluding hydrogens is 260 g/mol. The first-order valence-electron chi connectivity index (χ1n) is 6.73. The summed E-state index contributed by atoms with van der Waals surface area (Å²) in [7, 11) is 0. The van der Waals surface area contributed by atoms with Crippen molar-refractivity contribution in [3.8, 4) is 0 Å². The van der Waals surface area contributed by atoms with Gasteiger partial charge in [0.05, 0.1) is 17.1 Å². The minimum Gasteiger partial charge on any atom is -0.387 e. The van der Waals surface area contributed by atoms with Crippen molar-refractivity contribution in [2.24, 2.45) is 0 Å². The largest absolute Gasteiger partial charge is 0.387 e. The molecule has 0 saturated carbocycles. The third-order valence-electron chi connectivity index (χ3n) is 3.20. The molecule has 0 amide bonds. The number of aryl methyl sites for hydroxylation is 1. The average Bonchev–Trinajstić information content (AvgIpc) is 2.38. The summed E-state index contributed by atoms with van der Waals surface area (Å²) < 4.78 is 0. The van der Waals surface area contributed by atoms with Crippen LogP contribution in [-0.4, -0.2) is 15.1 Å². The summed E-state index contributed by atoms with van der Waals surface area (Å²) in [6, 6.07) is 5.84. The van der Waals surface area contributed by atoms with Gasteiger partial charge in [-0.3, -0.25) is 0 Å². The van der Waals surface area contributed by atoms with Crippen LogP contribution in [0.15, 0.2) is 18.2 Å². The van der Waals surface area contributed by atoms with E-state index in [1.807, 2.05) is 25.1 Å². The molecule has 0 radical (unpaired) electrons. The van der Waals surface area contributed by atoms with Crippen LogP contribution in [0.3, 0.4) is 0 Å². The quantitative estimate of drug-likeness (QED) is 0.834. The molecule has 0 fully saturated rings. The highest BCUT2D eigenvalue weighted by Crippen LogP contribution is 2.26. The van der Waals surface area contributed by atoms with E-state index >= 15 is 0 Å². The van der Waals surface area contributed by atoms with Crippen LogP contribution < -0.4 is 0 Å². The Bertz CT molecular complexity index is 571. The maximum atomic E-state index is 10.2. The van der Waals surface area contributed by atoms with Crippen LogP contribution in [0.25, 0.3) is 11.0 Å². The van der Waals surface area contributed by atoms with Crippen LogP contribution in [-0.2, 0) is 0 Å². The number of nitrogens with zero attached hydrogens (tertiary/aromatic N) is 2. The van der Waals surface area contributed by atoms with Crippen LogP contribution in [0, 0.1) is 6.92 Å². The SMILES string of the molecule is CCCCCC(O)c1nc2cc(C)ccc2nc1Cl. The molecule has 2 rings (SSSR count). The average molecular weight is 279 g/mol. The molecular formula is C15H19ClN2O.